The van der Waals surface area contributed by atoms with Crippen molar-refractivity contribution in [3.63, 3.8) is 0 Å². The van der Waals surface area contributed by atoms with E-state index in [9.17, 15) is 19.5 Å². The quantitative estimate of drug-likeness (QED) is 0.463. The molecule has 0 unspecified atom stereocenters. The first-order valence-corrected chi connectivity index (χ1v) is 12.0. The second-order valence-electron chi connectivity index (χ2n) is 9.03. The van der Waals surface area contributed by atoms with Crippen molar-refractivity contribution in [2.75, 3.05) is 18.5 Å². The molecule has 2 aliphatic rings. The molecule has 33 heavy (non-hydrogen) atoms. The SMILES string of the molecule is CCOC(=O)[C@H]1[C@@H]2C(=O)N([C@@H](CC)CO)[C@H](C(=O)Nc3c(C)cccc3C)[C@H]2C=C[C@H]1CC. The summed E-state index contributed by atoms with van der Waals surface area (Å²) in [4.78, 5) is 41.9. The fraction of sp³-hybridized carbons (Fsp3) is 0.577. The molecule has 0 aromatic heterocycles. The molecule has 1 saturated heterocycles. The van der Waals surface area contributed by atoms with E-state index in [1.54, 1.807) is 6.92 Å². The number of fused-ring (bicyclic) bond motifs is 1. The number of ether oxygens (including phenoxy) is 1. The molecule has 1 heterocycles. The van der Waals surface area contributed by atoms with Crippen LogP contribution in [-0.2, 0) is 19.1 Å². The molecule has 1 fully saturated rings. The van der Waals surface area contributed by atoms with E-state index in [0.29, 0.717) is 12.8 Å². The van der Waals surface area contributed by atoms with Crippen LogP contribution < -0.4 is 5.32 Å². The Morgan fingerprint density at radius 2 is 1.82 bits per heavy atom. The molecule has 2 amide bonds. The number of likely N-dealkylation sites (tertiary alicyclic amines) is 1. The van der Waals surface area contributed by atoms with E-state index in [0.717, 1.165) is 16.8 Å². The van der Waals surface area contributed by atoms with E-state index < -0.39 is 35.8 Å². The second kappa shape index (κ2) is 10.5. The summed E-state index contributed by atoms with van der Waals surface area (Å²) in [6.45, 7) is 9.44. The van der Waals surface area contributed by atoms with E-state index in [2.05, 4.69) is 5.32 Å². The summed E-state index contributed by atoms with van der Waals surface area (Å²) in [7, 11) is 0. The minimum atomic E-state index is -0.815. The van der Waals surface area contributed by atoms with Crippen LogP contribution >= 0.6 is 0 Å². The van der Waals surface area contributed by atoms with Crippen molar-refractivity contribution in [2.45, 2.75) is 59.5 Å². The summed E-state index contributed by atoms with van der Waals surface area (Å²) in [5.74, 6) is -2.90. The zero-order valence-corrected chi connectivity index (χ0v) is 20.2. The predicted octanol–water partition coefficient (Wildman–Crippen LogP) is 3.23. The summed E-state index contributed by atoms with van der Waals surface area (Å²) in [5.41, 5.74) is 2.59. The van der Waals surface area contributed by atoms with Gasteiger partial charge < -0.3 is 20.1 Å². The molecular weight excluding hydrogens is 420 g/mol. The Kier molecular flexibility index (Phi) is 7.95. The number of benzene rings is 1. The molecule has 7 nitrogen and oxygen atoms in total. The minimum Gasteiger partial charge on any atom is -0.466 e. The van der Waals surface area contributed by atoms with Gasteiger partial charge in [0.05, 0.1) is 31.1 Å². The summed E-state index contributed by atoms with van der Waals surface area (Å²) in [6.07, 6.45) is 5.07. The van der Waals surface area contributed by atoms with Gasteiger partial charge in [0.1, 0.15) is 6.04 Å². The molecule has 1 aromatic carbocycles. The topological polar surface area (TPSA) is 95.9 Å². The molecule has 0 radical (unpaired) electrons. The zero-order valence-electron chi connectivity index (χ0n) is 20.2. The van der Waals surface area contributed by atoms with E-state index in [4.69, 9.17) is 4.74 Å². The number of carbonyl (C=O) groups is 3. The normalized spacial score (nSPS) is 27.3. The van der Waals surface area contributed by atoms with Crippen LogP contribution in [0.15, 0.2) is 30.4 Å². The van der Waals surface area contributed by atoms with E-state index in [-0.39, 0.29) is 30.9 Å². The third-order valence-electron chi connectivity index (χ3n) is 7.15. The maximum absolute atomic E-state index is 13.8. The molecule has 6 atom stereocenters. The van der Waals surface area contributed by atoms with E-state index in [1.807, 2.05) is 58.0 Å². The fourth-order valence-corrected chi connectivity index (χ4v) is 5.41. The number of hydrogen-bond donors (Lipinski definition) is 2. The lowest BCUT2D eigenvalue weighted by atomic mass is 9.69. The van der Waals surface area contributed by atoms with E-state index >= 15 is 0 Å². The summed E-state index contributed by atoms with van der Waals surface area (Å²) in [6, 6.07) is 4.46. The molecule has 7 heteroatoms. The standard InChI is InChI=1S/C26H36N2O5/c1-6-17-12-13-19-21(20(17)26(32)33-8-3)25(31)28(18(7-2)14-29)23(19)24(30)27-22-15(4)10-9-11-16(22)5/h9-13,17-21,23,29H,6-8,14H2,1-5H3,(H,27,30)/t17-,18+,19+,20-,21-,23+/m1/s1. The number of hydrogen-bond acceptors (Lipinski definition) is 5. The molecule has 1 aliphatic carbocycles. The highest BCUT2D eigenvalue weighted by atomic mass is 16.5. The van der Waals surface area contributed by atoms with Crippen LogP contribution in [0.4, 0.5) is 5.69 Å². The first-order valence-electron chi connectivity index (χ1n) is 12.0. The number of esters is 1. The average molecular weight is 457 g/mol. The summed E-state index contributed by atoms with van der Waals surface area (Å²) in [5, 5.41) is 13.1. The maximum atomic E-state index is 13.8. The van der Waals surface area contributed by atoms with Gasteiger partial charge in [-0.05, 0) is 50.7 Å². The fourth-order valence-electron chi connectivity index (χ4n) is 5.41. The Hall–Kier alpha value is -2.67. The van der Waals surface area contributed by atoms with Crippen molar-refractivity contribution in [1.82, 2.24) is 4.90 Å². The molecule has 0 spiro atoms. The van der Waals surface area contributed by atoms with Crippen molar-refractivity contribution < 1.29 is 24.2 Å². The Morgan fingerprint density at radius 3 is 2.36 bits per heavy atom. The second-order valence-corrected chi connectivity index (χ2v) is 9.03. The molecule has 1 aromatic rings. The lowest BCUT2D eigenvalue weighted by Crippen LogP contribution is -2.50. The van der Waals surface area contributed by atoms with Crippen LogP contribution in [0.1, 0.15) is 44.7 Å². The highest BCUT2D eigenvalue weighted by Gasteiger charge is 2.58. The van der Waals surface area contributed by atoms with Crippen molar-refractivity contribution in [3.8, 4) is 0 Å². The summed E-state index contributed by atoms with van der Waals surface area (Å²) >= 11 is 0. The van der Waals surface area contributed by atoms with E-state index in [1.165, 1.54) is 4.90 Å². The van der Waals surface area contributed by atoms with Crippen molar-refractivity contribution in [2.24, 2.45) is 23.7 Å². The monoisotopic (exact) mass is 456 g/mol. The number of nitrogens with one attached hydrogen (secondary N) is 1. The van der Waals surface area contributed by atoms with Crippen LogP contribution in [-0.4, -0.2) is 53.1 Å². The number of aryl methyl sites for hydroxylation is 2. The number of amides is 2. The molecule has 2 N–H and O–H groups in total. The smallest absolute Gasteiger partial charge is 0.310 e. The first-order chi connectivity index (χ1) is 15.8. The number of nitrogens with zero attached hydrogens (tertiary/aromatic N) is 1. The highest BCUT2D eigenvalue weighted by Crippen LogP contribution is 2.46. The van der Waals surface area contributed by atoms with Crippen LogP contribution in [0.3, 0.4) is 0 Å². The lowest BCUT2D eigenvalue weighted by Gasteiger charge is -2.34. The van der Waals surface area contributed by atoms with Crippen LogP contribution in [0.2, 0.25) is 0 Å². The largest absolute Gasteiger partial charge is 0.466 e. The van der Waals surface area contributed by atoms with Gasteiger partial charge in [-0.25, -0.2) is 0 Å². The van der Waals surface area contributed by atoms with Gasteiger partial charge in [0.25, 0.3) is 0 Å². The van der Waals surface area contributed by atoms with Crippen molar-refractivity contribution >= 4 is 23.5 Å². The van der Waals surface area contributed by atoms with Gasteiger partial charge in [-0.1, -0.05) is 44.2 Å². The van der Waals surface area contributed by atoms with Gasteiger partial charge in [0, 0.05) is 11.6 Å². The van der Waals surface area contributed by atoms with Gasteiger partial charge in [0.15, 0.2) is 0 Å². The number of aliphatic hydroxyl groups is 1. The number of allylic oxidation sites excluding steroid dienone is 1. The van der Waals surface area contributed by atoms with Crippen LogP contribution in [0, 0.1) is 37.5 Å². The van der Waals surface area contributed by atoms with Gasteiger partial charge in [0.2, 0.25) is 11.8 Å². The number of rotatable bonds is 8. The van der Waals surface area contributed by atoms with Crippen LogP contribution in [0.25, 0.3) is 0 Å². The van der Waals surface area contributed by atoms with Gasteiger partial charge >= 0.3 is 5.97 Å². The van der Waals surface area contributed by atoms with Crippen molar-refractivity contribution in [1.29, 1.82) is 0 Å². The molecule has 0 saturated carbocycles. The number of carbonyl (C=O) groups excluding carboxylic acids is 3. The number of para-hydroxylation sites is 1. The van der Waals surface area contributed by atoms with Gasteiger partial charge in [-0.3, -0.25) is 14.4 Å². The molecule has 0 bridgehead atoms. The summed E-state index contributed by atoms with van der Waals surface area (Å²) < 4.78 is 5.35. The number of anilines is 1. The molecule has 1 aliphatic heterocycles. The Morgan fingerprint density at radius 1 is 1.15 bits per heavy atom. The van der Waals surface area contributed by atoms with Crippen LogP contribution in [0.5, 0.6) is 0 Å². The molecular formula is C26H36N2O5. The maximum Gasteiger partial charge on any atom is 0.310 e. The Bertz CT molecular complexity index is 903. The van der Waals surface area contributed by atoms with Gasteiger partial charge in [-0.15, -0.1) is 0 Å². The highest BCUT2D eigenvalue weighted by molar-refractivity contribution is 6.02. The number of aliphatic hydroxyl groups excluding tert-OH is 1. The third kappa shape index (κ3) is 4.56. The molecule has 3 rings (SSSR count). The zero-order chi connectivity index (χ0) is 24.3. The average Bonchev–Trinajstić information content (AvgIpc) is 3.09. The van der Waals surface area contributed by atoms with Gasteiger partial charge in [-0.2, -0.15) is 0 Å². The predicted molar refractivity (Wildman–Crippen MR) is 126 cm³/mol. The third-order valence-corrected chi connectivity index (χ3v) is 7.15. The minimum absolute atomic E-state index is 0.134. The molecule has 180 valence electrons. The lowest BCUT2D eigenvalue weighted by molar-refractivity contribution is -0.156. The Balaban J connectivity index is 2.05. The van der Waals surface area contributed by atoms with Crippen molar-refractivity contribution in [3.05, 3.63) is 41.5 Å². The Labute approximate surface area is 196 Å². The first kappa shape index (κ1) is 25.0.